The summed E-state index contributed by atoms with van der Waals surface area (Å²) >= 11 is 0. The second-order valence-corrected chi connectivity index (χ2v) is 8.87. The van der Waals surface area contributed by atoms with Gasteiger partial charge in [0.1, 0.15) is 11.5 Å². The summed E-state index contributed by atoms with van der Waals surface area (Å²) in [7, 11) is 0. The van der Waals surface area contributed by atoms with Gasteiger partial charge in [-0.05, 0) is 41.5 Å². The zero-order valence-corrected chi connectivity index (χ0v) is 20.6. The summed E-state index contributed by atoms with van der Waals surface area (Å²) in [5, 5.41) is 11.6. The monoisotopic (exact) mass is 623 g/mol. The molecule has 0 aliphatic heterocycles. The van der Waals surface area contributed by atoms with Crippen molar-refractivity contribution in [3.8, 4) is 11.5 Å². The number of aliphatic hydroxyl groups excluding tert-OH is 1. The highest BCUT2D eigenvalue weighted by molar-refractivity contribution is 5.42. The smallest absolute Gasteiger partial charge is 0.457 e. The quantitative estimate of drug-likeness (QED) is 0.236. The molecule has 0 aliphatic rings. The predicted molar refractivity (Wildman–Crippen MR) is 121 cm³/mol. The lowest BCUT2D eigenvalue weighted by molar-refractivity contribution is -0.289. The minimum Gasteiger partial charge on any atom is -0.457 e. The van der Waals surface area contributed by atoms with Crippen molar-refractivity contribution in [1.82, 2.24) is 5.32 Å². The van der Waals surface area contributed by atoms with Gasteiger partial charge in [0, 0.05) is 17.7 Å². The first kappa shape index (κ1) is 33.0. The Bertz CT molecular complexity index is 1370. The predicted octanol–water partition coefficient (Wildman–Crippen LogP) is 8.39. The van der Waals surface area contributed by atoms with Crippen LogP contribution in [0.2, 0.25) is 0 Å². The molecule has 3 nitrogen and oxygen atoms in total. The number of ether oxygens (including phenoxy) is 1. The van der Waals surface area contributed by atoms with E-state index >= 15 is 0 Å². The molecule has 3 aromatic rings. The van der Waals surface area contributed by atoms with Gasteiger partial charge in [-0.25, -0.2) is 0 Å². The molecule has 0 heterocycles. The molecule has 0 saturated carbocycles. The number of nitrogens with one attached hydrogen (secondary N) is 1. The van der Waals surface area contributed by atoms with Gasteiger partial charge in [0.05, 0.1) is 6.04 Å². The van der Waals surface area contributed by atoms with Crippen LogP contribution in [0.15, 0.2) is 72.8 Å². The van der Waals surface area contributed by atoms with E-state index in [2.05, 4.69) is 5.32 Å². The third kappa shape index (κ3) is 7.27. The number of rotatable bonds is 9. The van der Waals surface area contributed by atoms with Crippen molar-refractivity contribution >= 4 is 0 Å². The largest absolute Gasteiger partial charge is 0.458 e. The molecule has 0 saturated heterocycles. The van der Waals surface area contributed by atoms with E-state index in [1.54, 1.807) is 0 Å². The van der Waals surface area contributed by atoms with E-state index in [9.17, 15) is 62.2 Å². The summed E-state index contributed by atoms with van der Waals surface area (Å²) in [6.07, 6.45) is -20.0. The van der Waals surface area contributed by atoms with E-state index in [1.807, 2.05) is 0 Å². The normalized spacial score (nSPS) is 14.9. The number of alkyl halides is 13. The van der Waals surface area contributed by atoms with Crippen LogP contribution in [0.5, 0.6) is 11.5 Å². The fourth-order valence-corrected chi connectivity index (χ4v) is 3.66. The van der Waals surface area contributed by atoms with Gasteiger partial charge in [0.15, 0.2) is 6.10 Å². The Labute approximate surface area is 228 Å². The van der Waals surface area contributed by atoms with Crippen molar-refractivity contribution in [2.75, 3.05) is 6.54 Å². The molecule has 3 aromatic carbocycles. The van der Waals surface area contributed by atoms with Crippen LogP contribution >= 0.6 is 0 Å². The van der Waals surface area contributed by atoms with Crippen molar-refractivity contribution in [3.63, 3.8) is 0 Å². The van der Waals surface area contributed by atoms with Crippen molar-refractivity contribution < 1.29 is 66.9 Å². The maximum absolute atomic E-state index is 14.0. The van der Waals surface area contributed by atoms with Gasteiger partial charge in [-0.1, -0.05) is 42.5 Å². The summed E-state index contributed by atoms with van der Waals surface area (Å²) in [6, 6.07) is 8.37. The zero-order chi connectivity index (χ0) is 31.7. The van der Waals surface area contributed by atoms with E-state index in [4.69, 9.17) is 4.74 Å². The van der Waals surface area contributed by atoms with Crippen LogP contribution in [-0.4, -0.2) is 36.3 Å². The highest BCUT2D eigenvalue weighted by atomic mass is 19.4. The Kier molecular flexibility index (Phi) is 9.13. The third-order valence-corrected chi connectivity index (χ3v) is 5.81. The second-order valence-electron chi connectivity index (χ2n) is 8.87. The summed E-state index contributed by atoms with van der Waals surface area (Å²) < 4.78 is 177. The average molecular weight is 623 g/mol. The standard InChI is InChI=1S/C26H18F13NO2/c27-22(28,25(34,35)36)16-6-1-4-14(10-16)21(40-13-20(41)24(31,32)33)15-5-2-8-18(11-15)42-19-9-3-7-17(12-19)23(29,30)26(37,38)39/h1-12,20-21,40-41H,13H2/t20-,21?/m1/s1. The topological polar surface area (TPSA) is 41.5 Å². The maximum Gasteiger partial charge on any atom is 0.458 e. The summed E-state index contributed by atoms with van der Waals surface area (Å²) in [6.45, 7) is -1.24. The fourth-order valence-electron chi connectivity index (χ4n) is 3.66. The zero-order valence-electron chi connectivity index (χ0n) is 20.6. The van der Waals surface area contributed by atoms with E-state index in [0.717, 1.165) is 36.4 Å². The van der Waals surface area contributed by atoms with E-state index < -0.39 is 71.5 Å². The molecule has 2 atom stereocenters. The summed E-state index contributed by atoms with van der Waals surface area (Å²) in [5.74, 6) is -11.4. The molecule has 16 heteroatoms. The molecule has 230 valence electrons. The Morgan fingerprint density at radius 1 is 0.595 bits per heavy atom. The van der Waals surface area contributed by atoms with Gasteiger partial charge in [-0.15, -0.1) is 0 Å². The Morgan fingerprint density at radius 3 is 1.52 bits per heavy atom. The van der Waals surface area contributed by atoms with Gasteiger partial charge < -0.3 is 15.2 Å². The molecular weight excluding hydrogens is 605 g/mol. The molecule has 3 rings (SSSR count). The highest BCUT2D eigenvalue weighted by Crippen LogP contribution is 2.46. The molecule has 0 aliphatic carbocycles. The number of hydrogen-bond donors (Lipinski definition) is 2. The highest BCUT2D eigenvalue weighted by Gasteiger charge is 2.59. The fraction of sp³-hybridized carbons (Fsp3) is 0.308. The molecule has 0 spiro atoms. The SMILES string of the molecule is O[C@H](CNC(c1cccc(Oc2cccc(C(F)(F)C(F)(F)F)c2)c1)c1cccc(C(F)(F)C(F)(F)F)c1)C(F)(F)F. The molecule has 0 fully saturated rings. The molecule has 2 N–H and O–H groups in total. The molecular formula is C26H18F13NO2. The number of benzene rings is 3. The van der Waals surface area contributed by atoms with Crippen LogP contribution in [0.1, 0.15) is 28.3 Å². The van der Waals surface area contributed by atoms with Gasteiger partial charge in [-0.2, -0.15) is 57.1 Å². The minimum atomic E-state index is -6.01. The molecule has 0 bridgehead atoms. The van der Waals surface area contributed by atoms with Crippen molar-refractivity contribution in [2.24, 2.45) is 0 Å². The van der Waals surface area contributed by atoms with Gasteiger partial charge in [0.2, 0.25) is 0 Å². The molecule has 0 aromatic heterocycles. The lowest BCUT2D eigenvalue weighted by atomic mass is 9.95. The second kappa shape index (κ2) is 11.6. The van der Waals surface area contributed by atoms with Crippen LogP contribution in [0, 0.1) is 0 Å². The van der Waals surface area contributed by atoms with E-state index in [1.165, 1.54) is 12.1 Å². The summed E-state index contributed by atoms with van der Waals surface area (Å²) in [4.78, 5) is 0. The first-order valence-electron chi connectivity index (χ1n) is 11.5. The van der Waals surface area contributed by atoms with Crippen LogP contribution in [0.25, 0.3) is 0 Å². The number of hydrogen-bond acceptors (Lipinski definition) is 3. The number of halogens is 13. The van der Waals surface area contributed by atoms with Crippen LogP contribution < -0.4 is 10.1 Å². The first-order valence-corrected chi connectivity index (χ1v) is 11.5. The van der Waals surface area contributed by atoms with Crippen molar-refractivity contribution in [2.45, 2.75) is 42.5 Å². The molecule has 0 radical (unpaired) electrons. The third-order valence-electron chi connectivity index (χ3n) is 5.81. The molecule has 1 unspecified atom stereocenters. The maximum atomic E-state index is 14.0. The van der Waals surface area contributed by atoms with Crippen molar-refractivity contribution in [3.05, 3.63) is 95.1 Å². The van der Waals surface area contributed by atoms with E-state index in [0.29, 0.717) is 24.3 Å². The average Bonchev–Trinajstić information content (AvgIpc) is 2.87. The molecule has 42 heavy (non-hydrogen) atoms. The first-order chi connectivity index (χ1) is 19.1. The van der Waals surface area contributed by atoms with Gasteiger partial charge in [-0.3, -0.25) is 0 Å². The van der Waals surface area contributed by atoms with Gasteiger partial charge in [0.25, 0.3) is 0 Å². The lowest BCUT2D eigenvalue weighted by Gasteiger charge is -2.25. The summed E-state index contributed by atoms with van der Waals surface area (Å²) in [5.41, 5.74) is -3.52. The minimum absolute atomic E-state index is 0.119. The van der Waals surface area contributed by atoms with Crippen LogP contribution in [0.3, 0.4) is 0 Å². The van der Waals surface area contributed by atoms with Gasteiger partial charge >= 0.3 is 30.4 Å². The Morgan fingerprint density at radius 2 is 1.02 bits per heavy atom. The lowest BCUT2D eigenvalue weighted by Crippen LogP contribution is -2.40. The van der Waals surface area contributed by atoms with Crippen LogP contribution in [0.4, 0.5) is 57.1 Å². The van der Waals surface area contributed by atoms with Crippen LogP contribution in [-0.2, 0) is 11.8 Å². The Balaban J connectivity index is 2.01. The van der Waals surface area contributed by atoms with Crippen molar-refractivity contribution in [1.29, 1.82) is 0 Å². The Hall–Kier alpha value is -3.53. The number of aliphatic hydroxyl groups is 1. The molecule has 0 amide bonds. The van der Waals surface area contributed by atoms with E-state index in [-0.39, 0.29) is 11.3 Å².